The first-order chi connectivity index (χ1) is 15.8. The van der Waals surface area contributed by atoms with E-state index >= 15 is 0 Å². The second kappa shape index (κ2) is 9.28. The first-order valence-electron chi connectivity index (χ1n) is 10.2. The molecule has 3 aromatic carbocycles. The molecule has 0 aliphatic heterocycles. The van der Waals surface area contributed by atoms with Crippen molar-refractivity contribution < 1.29 is 22.5 Å². The van der Waals surface area contributed by atoms with Crippen LogP contribution in [0.15, 0.2) is 83.4 Å². The van der Waals surface area contributed by atoms with Crippen molar-refractivity contribution in [3.63, 3.8) is 0 Å². The van der Waals surface area contributed by atoms with Crippen LogP contribution in [-0.2, 0) is 12.6 Å². The van der Waals surface area contributed by atoms with E-state index in [1.807, 2.05) is 61.5 Å². The summed E-state index contributed by atoms with van der Waals surface area (Å²) >= 11 is 0. The molecule has 0 bridgehead atoms. The minimum absolute atomic E-state index is 0.0967. The van der Waals surface area contributed by atoms with Gasteiger partial charge in [0.25, 0.3) is 5.91 Å². The molecule has 1 unspecified atom stereocenters. The first-order valence-corrected chi connectivity index (χ1v) is 10.2. The lowest BCUT2D eigenvalue weighted by atomic mass is 10.0. The van der Waals surface area contributed by atoms with Gasteiger partial charge < -0.3 is 9.84 Å². The highest BCUT2D eigenvalue weighted by Crippen LogP contribution is 2.29. The largest absolute Gasteiger partial charge is 0.416 e. The number of benzene rings is 3. The van der Waals surface area contributed by atoms with Crippen molar-refractivity contribution in [3.8, 4) is 11.4 Å². The Morgan fingerprint density at radius 3 is 2.39 bits per heavy atom. The average molecular weight is 451 g/mol. The van der Waals surface area contributed by atoms with E-state index in [4.69, 9.17) is 4.52 Å². The fraction of sp³-hybridized carbons (Fsp3) is 0.160. The summed E-state index contributed by atoms with van der Waals surface area (Å²) < 4.78 is 44.0. The fourth-order valence-electron chi connectivity index (χ4n) is 3.38. The molecule has 1 N–H and O–H groups in total. The highest BCUT2D eigenvalue weighted by atomic mass is 19.4. The normalized spacial score (nSPS) is 12.4. The summed E-state index contributed by atoms with van der Waals surface area (Å²) in [6, 6.07) is 20.4. The highest BCUT2D eigenvalue weighted by Gasteiger charge is 2.30. The Kier molecular flexibility index (Phi) is 6.26. The number of hydrogen-bond donors (Lipinski definition) is 1. The number of rotatable bonds is 6. The molecule has 0 aliphatic carbocycles. The van der Waals surface area contributed by atoms with Gasteiger partial charge in [0, 0.05) is 17.5 Å². The zero-order valence-corrected chi connectivity index (χ0v) is 17.6. The van der Waals surface area contributed by atoms with Crippen LogP contribution < -0.4 is 5.32 Å². The third-order valence-electron chi connectivity index (χ3n) is 5.08. The summed E-state index contributed by atoms with van der Waals surface area (Å²) in [5, 5.41) is 6.86. The zero-order chi connectivity index (χ0) is 23.4. The molecule has 0 spiro atoms. The Labute approximate surface area is 188 Å². The van der Waals surface area contributed by atoms with Gasteiger partial charge in [-0.2, -0.15) is 18.2 Å². The van der Waals surface area contributed by atoms with E-state index in [9.17, 15) is 18.0 Å². The third-order valence-corrected chi connectivity index (χ3v) is 5.08. The summed E-state index contributed by atoms with van der Waals surface area (Å²) in [5.41, 5.74) is 2.01. The van der Waals surface area contributed by atoms with Gasteiger partial charge in [0.05, 0.1) is 5.56 Å². The van der Waals surface area contributed by atoms with E-state index in [1.54, 1.807) is 0 Å². The quantitative estimate of drug-likeness (QED) is 0.404. The minimum atomic E-state index is -4.47. The van der Waals surface area contributed by atoms with Crippen LogP contribution >= 0.6 is 0 Å². The molecule has 0 aliphatic rings. The van der Waals surface area contributed by atoms with Gasteiger partial charge in [-0.1, -0.05) is 59.3 Å². The smallest absolute Gasteiger partial charge is 0.340 e. The second-order valence-corrected chi connectivity index (χ2v) is 7.62. The Morgan fingerprint density at radius 2 is 1.73 bits per heavy atom. The molecule has 5 nitrogen and oxygen atoms in total. The van der Waals surface area contributed by atoms with E-state index in [0.717, 1.165) is 41.0 Å². The Morgan fingerprint density at radius 1 is 1.00 bits per heavy atom. The van der Waals surface area contributed by atoms with Crippen molar-refractivity contribution in [2.24, 2.45) is 0 Å². The molecule has 4 aromatic rings. The number of halogens is 3. The molecule has 0 saturated carbocycles. The molecule has 33 heavy (non-hydrogen) atoms. The maximum Gasteiger partial charge on any atom is 0.416 e. The molecule has 0 radical (unpaired) electrons. The van der Waals surface area contributed by atoms with Crippen LogP contribution in [0.1, 0.15) is 39.0 Å². The van der Waals surface area contributed by atoms with Crippen LogP contribution in [0.5, 0.6) is 0 Å². The van der Waals surface area contributed by atoms with Crippen LogP contribution in [0, 0.1) is 6.92 Å². The molecular weight excluding hydrogens is 431 g/mol. The van der Waals surface area contributed by atoms with E-state index in [1.165, 1.54) is 0 Å². The van der Waals surface area contributed by atoms with Gasteiger partial charge in [-0.05, 0) is 42.8 Å². The lowest BCUT2D eigenvalue weighted by Gasteiger charge is -2.16. The van der Waals surface area contributed by atoms with Gasteiger partial charge in [-0.15, -0.1) is 0 Å². The number of aryl methyl sites for hydroxylation is 1. The summed E-state index contributed by atoms with van der Waals surface area (Å²) in [7, 11) is 0. The number of carbonyl (C=O) groups excluding carboxylic acids is 1. The number of alkyl halides is 3. The lowest BCUT2D eigenvalue weighted by Crippen LogP contribution is -2.30. The number of nitrogens with zero attached hydrogens (tertiary/aromatic N) is 2. The van der Waals surface area contributed by atoms with Crippen molar-refractivity contribution >= 4 is 5.91 Å². The van der Waals surface area contributed by atoms with Gasteiger partial charge >= 0.3 is 6.18 Å². The summed E-state index contributed by atoms with van der Waals surface area (Å²) in [6.07, 6.45) is -4.11. The lowest BCUT2D eigenvalue weighted by molar-refractivity contribution is -0.137. The predicted molar refractivity (Wildman–Crippen MR) is 116 cm³/mol. The molecule has 0 fully saturated rings. The van der Waals surface area contributed by atoms with Crippen molar-refractivity contribution in [1.82, 2.24) is 15.5 Å². The average Bonchev–Trinajstić information content (AvgIpc) is 3.29. The summed E-state index contributed by atoms with van der Waals surface area (Å²) in [5.74, 6) is 0.0473. The monoisotopic (exact) mass is 451 g/mol. The SMILES string of the molecule is Cc1cccc(-c2noc(C(Cc3ccccc3)NC(=O)c3ccc(C(F)(F)F)cc3)n2)c1. The minimum Gasteiger partial charge on any atom is -0.340 e. The molecule has 1 atom stereocenters. The van der Waals surface area contributed by atoms with E-state index in [2.05, 4.69) is 15.5 Å². The van der Waals surface area contributed by atoms with Gasteiger partial charge in [0.15, 0.2) is 0 Å². The number of hydrogen-bond acceptors (Lipinski definition) is 4. The van der Waals surface area contributed by atoms with Crippen LogP contribution in [0.4, 0.5) is 13.2 Å². The molecule has 1 heterocycles. The second-order valence-electron chi connectivity index (χ2n) is 7.62. The van der Waals surface area contributed by atoms with Crippen molar-refractivity contribution in [3.05, 3.63) is 107 Å². The maximum atomic E-state index is 12.8. The molecule has 1 aromatic heterocycles. The predicted octanol–water partition coefficient (Wildman–Crippen LogP) is 5.78. The first kappa shape index (κ1) is 22.3. The van der Waals surface area contributed by atoms with Crippen LogP contribution in [0.2, 0.25) is 0 Å². The van der Waals surface area contributed by atoms with Crippen LogP contribution in [0.25, 0.3) is 11.4 Å². The topological polar surface area (TPSA) is 68.0 Å². The van der Waals surface area contributed by atoms with Crippen molar-refractivity contribution in [2.75, 3.05) is 0 Å². The number of aromatic nitrogens is 2. The van der Waals surface area contributed by atoms with Crippen LogP contribution in [0.3, 0.4) is 0 Å². The Bertz CT molecular complexity index is 1240. The maximum absolute atomic E-state index is 12.8. The number of amides is 1. The van der Waals surface area contributed by atoms with Crippen molar-refractivity contribution in [1.29, 1.82) is 0 Å². The van der Waals surface area contributed by atoms with E-state index in [-0.39, 0.29) is 11.5 Å². The third kappa shape index (κ3) is 5.46. The highest BCUT2D eigenvalue weighted by molar-refractivity contribution is 5.94. The van der Waals surface area contributed by atoms with Gasteiger partial charge in [-0.25, -0.2) is 0 Å². The van der Waals surface area contributed by atoms with E-state index < -0.39 is 23.7 Å². The molecule has 168 valence electrons. The Balaban J connectivity index is 1.60. The van der Waals surface area contributed by atoms with Crippen molar-refractivity contribution in [2.45, 2.75) is 25.6 Å². The fourth-order valence-corrected chi connectivity index (χ4v) is 3.38. The van der Waals surface area contributed by atoms with Gasteiger partial charge in [0.1, 0.15) is 6.04 Å². The zero-order valence-electron chi connectivity index (χ0n) is 17.6. The van der Waals surface area contributed by atoms with Gasteiger partial charge in [-0.3, -0.25) is 4.79 Å². The molecule has 4 rings (SSSR count). The standard InChI is InChI=1S/C25H20F3N3O2/c1-16-6-5-9-19(14-16)22-30-24(33-31-22)21(15-17-7-3-2-4-8-17)29-23(32)18-10-12-20(13-11-18)25(26,27)28/h2-14,21H,15H2,1H3,(H,29,32). The Hall–Kier alpha value is -3.94. The van der Waals surface area contributed by atoms with Crippen LogP contribution in [-0.4, -0.2) is 16.0 Å². The number of nitrogens with one attached hydrogen (secondary N) is 1. The summed E-state index contributed by atoms with van der Waals surface area (Å²) in [4.78, 5) is 17.3. The summed E-state index contributed by atoms with van der Waals surface area (Å²) in [6.45, 7) is 1.95. The molecular formula is C25H20F3N3O2. The molecule has 8 heteroatoms. The molecule has 1 amide bonds. The van der Waals surface area contributed by atoms with E-state index in [0.29, 0.717) is 12.2 Å². The number of carbonyl (C=O) groups is 1. The molecule has 0 saturated heterocycles. The van der Waals surface area contributed by atoms with Gasteiger partial charge in [0.2, 0.25) is 11.7 Å².